The van der Waals surface area contributed by atoms with E-state index in [9.17, 15) is 4.79 Å². The van der Waals surface area contributed by atoms with Crippen molar-refractivity contribution in [2.45, 2.75) is 19.8 Å². The van der Waals surface area contributed by atoms with Gasteiger partial charge >= 0.3 is 0 Å². The van der Waals surface area contributed by atoms with Crippen molar-refractivity contribution in [1.82, 2.24) is 15.0 Å². The summed E-state index contributed by atoms with van der Waals surface area (Å²) in [5.41, 5.74) is 3.05. The molecule has 114 valence electrons. The smallest absolute Gasteiger partial charge is 0.224 e. The number of hydrogen-bond donors (Lipinski definition) is 1. The molecule has 0 atom stereocenters. The Morgan fingerprint density at radius 1 is 1.36 bits per heavy atom. The summed E-state index contributed by atoms with van der Waals surface area (Å²) >= 11 is 0. The number of para-hydroxylation sites is 1. The molecule has 0 unspecified atom stereocenters. The normalized spacial score (nSPS) is 11.0. The second-order valence-electron chi connectivity index (χ2n) is 5.49. The van der Waals surface area contributed by atoms with Crippen LogP contribution in [0.3, 0.4) is 0 Å². The molecule has 3 aromatic rings. The highest BCUT2D eigenvalue weighted by Gasteiger charge is 2.10. The SMILES string of the molecule is Cc1cc(CCNC(=O)Cc2cn(C)c3ccccc23)on1. The van der Waals surface area contributed by atoms with Gasteiger partial charge in [0.1, 0.15) is 5.76 Å². The van der Waals surface area contributed by atoms with Crippen molar-refractivity contribution in [2.75, 3.05) is 6.54 Å². The third-order valence-corrected chi connectivity index (χ3v) is 3.70. The van der Waals surface area contributed by atoms with Crippen LogP contribution in [-0.2, 0) is 24.7 Å². The molecule has 0 saturated carbocycles. The number of nitrogens with zero attached hydrogens (tertiary/aromatic N) is 2. The number of carbonyl (C=O) groups is 1. The highest BCUT2D eigenvalue weighted by molar-refractivity contribution is 5.89. The maximum absolute atomic E-state index is 12.1. The summed E-state index contributed by atoms with van der Waals surface area (Å²) in [6.45, 7) is 2.43. The van der Waals surface area contributed by atoms with Crippen molar-refractivity contribution in [1.29, 1.82) is 0 Å². The first-order valence-corrected chi connectivity index (χ1v) is 7.35. The molecule has 5 nitrogen and oxygen atoms in total. The van der Waals surface area contributed by atoms with E-state index in [2.05, 4.69) is 27.2 Å². The van der Waals surface area contributed by atoms with E-state index < -0.39 is 0 Å². The van der Waals surface area contributed by atoms with Gasteiger partial charge in [0.25, 0.3) is 0 Å². The summed E-state index contributed by atoms with van der Waals surface area (Å²) in [6.07, 6.45) is 3.06. The fourth-order valence-corrected chi connectivity index (χ4v) is 2.66. The number of fused-ring (bicyclic) bond motifs is 1. The predicted octanol–water partition coefficient (Wildman–Crippen LogP) is 2.38. The highest BCUT2D eigenvalue weighted by Crippen LogP contribution is 2.20. The van der Waals surface area contributed by atoms with E-state index >= 15 is 0 Å². The molecular formula is C17H19N3O2. The average molecular weight is 297 g/mol. The summed E-state index contributed by atoms with van der Waals surface area (Å²) in [7, 11) is 2.00. The van der Waals surface area contributed by atoms with Gasteiger partial charge in [-0.25, -0.2) is 0 Å². The molecule has 0 spiro atoms. The number of benzene rings is 1. The number of aryl methyl sites for hydroxylation is 2. The monoisotopic (exact) mass is 297 g/mol. The number of carbonyl (C=O) groups excluding carboxylic acids is 1. The van der Waals surface area contributed by atoms with Gasteiger partial charge in [0.05, 0.1) is 12.1 Å². The lowest BCUT2D eigenvalue weighted by Gasteiger charge is -2.03. The number of amides is 1. The van der Waals surface area contributed by atoms with E-state index in [1.54, 1.807) is 0 Å². The molecule has 1 amide bonds. The molecule has 22 heavy (non-hydrogen) atoms. The van der Waals surface area contributed by atoms with E-state index in [0.717, 1.165) is 27.9 Å². The Hall–Kier alpha value is -2.56. The van der Waals surface area contributed by atoms with Gasteiger partial charge in [-0.15, -0.1) is 0 Å². The fraction of sp³-hybridized carbons (Fsp3) is 0.294. The van der Waals surface area contributed by atoms with Crippen molar-refractivity contribution < 1.29 is 9.32 Å². The largest absolute Gasteiger partial charge is 0.361 e. The summed E-state index contributed by atoms with van der Waals surface area (Å²) < 4.78 is 7.17. The Morgan fingerprint density at radius 2 is 2.18 bits per heavy atom. The van der Waals surface area contributed by atoms with E-state index in [1.807, 2.05) is 38.4 Å². The predicted molar refractivity (Wildman–Crippen MR) is 84.6 cm³/mol. The van der Waals surface area contributed by atoms with Crippen LogP contribution in [0.4, 0.5) is 0 Å². The van der Waals surface area contributed by atoms with Crippen molar-refractivity contribution >= 4 is 16.8 Å². The summed E-state index contributed by atoms with van der Waals surface area (Å²) in [5, 5.41) is 7.89. The molecule has 3 rings (SSSR count). The zero-order chi connectivity index (χ0) is 15.5. The minimum atomic E-state index is 0.0209. The van der Waals surface area contributed by atoms with E-state index in [0.29, 0.717) is 19.4 Å². The third kappa shape index (κ3) is 3.03. The Labute approximate surface area is 128 Å². The lowest BCUT2D eigenvalue weighted by Crippen LogP contribution is -2.27. The quantitative estimate of drug-likeness (QED) is 0.786. The second-order valence-corrected chi connectivity index (χ2v) is 5.49. The minimum Gasteiger partial charge on any atom is -0.361 e. The standard InChI is InChI=1S/C17H19N3O2/c1-12-9-14(22-19-12)7-8-18-17(21)10-13-11-20(2)16-6-4-3-5-15(13)16/h3-6,9,11H,7-8,10H2,1-2H3,(H,18,21). The zero-order valence-electron chi connectivity index (χ0n) is 12.8. The number of rotatable bonds is 5. The van der Waals surface area contributed by atoms with Crippen molar-refractivity contribution in [3.05, 3.63) is 53.5 Å². The average Bonchev–Trinajstić information content (AvgIpc) is 3.04. The number of hydrogen-bond acceptors (Lipinski definition) is 3. The lowest BCUT2D eigenvalue weighted by molar-refractivity contribution is -0.120. The first-order chi connectivity index (χ1) is 10.6. The van der Waals surface area contributed by atoms with Gasteiger partial charge in [-0.05, 0) is 18.6 Å². The van der Waals surface area contributed by atoms with Crippen LogP contribution >= 0.6 is 0 Å². The van der Waals surface area contributed by atoms with Gasteiger partial charge in [0, 0.05) is 43.2 Å². The van der Waals surface area contributed by atoms with Crippen molar-refractivity contribution in [2.24, 2.45) is 7.05 Å². The lowest BCUT2D eigenvalue weighted by atomic mass is 10.1. The number of aromatic nitrogens is 2. The van der Waals surface area contributed by atoms with E-state index in [4.69, 9.17) is 4.52 Å². The Morgan fingerprint density at radius 3 is 2.95 bits per heavy atom. The molecule has 2 heterocycles. The number of nitrogens with one attached hydrogen (secondary N) is 1. The van der Waals surface area contributed by atoms with Crippen LogP contribution in [0.2, 0.25) is 0 Å². The first kappa shape index (κ1) is 14.4. The van der Waals surface area contributed by atoms with Gasteiger partial charge in [-0.3, -0.25) is 4.79 Å². The fourth-order valence-electron chi connectivity index (χ4n) is 2.66. The van der Waals surface area contributed by atoms with Crippen molar-refractivity contribution in [3.63, 3.8) is 0 Å². The third-order valence-electron chi connectivity index (χ3n) is 3.70. The first-order valence-electron chi connectivity index (χ1n) is 7.35. The van der Waals surface area contributed by atoms with Gasteiger partial charge in [-0.2, -0.15) is 0 Å². The Kier molecular flexibility index (Phi) is 3.96. The van der Waals surface area contributed by atoms with Gasteiger partial charge in [0.15, 0.2) is 0 Å². The molecule has 0 bridgehead atoms. The summed E-state index contributed by atoms with van der Waals surface area (Å²) in [4.78, 5) is 12.1. The minimum absolute atomic E-state index is 0.0209. The topological polar surface area (TPSA) is 60.1 Å². The summed E-state index contributed by atoms with van der Waals surface area (Å²) in [5.74, 6) is 0.815. The molecule has 0 radical (unpaired) electrons. The molecule has 0 aliphatic carbocycles. The van der Waals surface area contributed by atoms with Crippen LogP contribution in [0.15, 0.2) is 41.1 Å². The molecule has 2 aromatic heterocycles. The molecule has 5 heteroatoms. The molecule has 0 aliphatic rings. The molecular weight excluding hydrogens is 278 g/mol. The second kappa shape index (κ2) is 6.05. The van der Waals surface area contributed by atoms with Crippen LogP contribution in [0, 0.1) is 6.92 Å². The van der Waals surface area contributed by atoms with Gasteiger partial charge < -0.3 is 14.4 Å². The van der Waals surface area contributed by atoms with Crippen molar-refractivity contribution in [3.8, 4) is 0 Å². The van der Waals surface area contributed by atoms with Gasteiger partial charge in [-0.1, -0.05) is 23.4 Å². The Bertz CT molecular complexity index is 801. The zero-order valence-corrected chi connectivity index (χ0v) is 12.8. The summed E-state index contributed by atoms with van der Waals surface area (Å²) in [6, 6.07) is 10.00. The molecule has 1 N–H and O–H groups in total. The Balaban J connectivity index is 1.59. The van der Waals surface area contributed by atoms with E-state index in [-0.39, 0.29) is 5.91 Å². The van der Waals surface area contributed by atoms with Crippen LogP contribution in [0.25, 0.3) is 10.9 Å². The van der Waals surface area contributed by atoms with E-state index in [1.165, 1.54) is 0 Å². The molecule has 1 aromatic carbocycles. The highest BCUT2D eigenvalue weighted by atomic mass is 16.5. The van der Waals surface area contributed by atoms with Crippen LogP contribution in [-0.4, -0.2) is 22.2 Å². The molecule has 0 fully saturated rings. The van der Waals surface area contributed by atoms with Crippen LogP contribution < -0.4 is 5.32 Å². The maximum atomic E-state index is 12.1. The van der Waals surface area contributed by atoms with Gasteiger partial charge in [0.2, 0.25) is 5.91 Å². The van der Waals surface area contributed by atoms with Crippen LogP contribution in [0.1, 0.15) is 17.0 Å². The maximum Gasteiger partial charge on any atom is 0.224 e. The van der Waals surface area contributed by atoms with Crippen LogP contribution in [0.5, 0.6) is 0 Å². The molecule has 0 aliphatic heterocycles. The molecule has 0 saturated heterocycles.